The van der Waals surface area contributed by atoms with Crippen LogP contribution < -0.4 is 10.2 Å². The topological polar surface area (TPSA) is 35.5 Å². The lowest BCUT2D eigenvalue weighted by molar-refractivity contribution is -0.138. The summed E-state index contributed by atoms with van der Waals surface area (Å²) in [5.74, 6) is 0. The Morgan fingerprint density at radius 2 is 2.14 bits per heavy atom. The van der Waals surface area contributed by atoms with Gasteiger partial charge in [-0.3, -0.25) is 0 Å². The normalized spacial score (nSPS) is 19.9. The van der Waals surface area contributed by atoms with Crippen molar-refractivity contribution in [2.24, 2.45) is 0 Å². The number of hydrogen-bond donors (Lipinski definition) is 2. The Kier molecular flexibility index (Phi) is 5.11. The van der Waals surface area contributed by atoms with E-state index in [1.807, 2.05) is 11.8 Å². The van der Waals surface area contributed by atoms with Crippen LogP contribution in [0.25, 0.3) is 0 Å². The Morgan fingerprint density at radius 3 is 2.76 bits per heavy atom. The number of aliphatic hydroxyl groups excluding tert-OH is 1. The van der Waals surface area contributed by atoms with Crippen LogP contribution in [0.5, 0.6) is 0 Å². The third-order valence-electron chi connectivity index (χ3n) is 3.73. The van der Waals surface area contributed by atoms with E-state index in [1.54, 1.807) is 6.07 Å². The van der Waals surface area contributed by atoms with Crippen molar-refractivity contribution >= 4 is 5.69 Å². The van der Waals surface area contributed by atoms with Crippen molar-refractivity contribution in [1.29, 1.82) is 0 Å². The molecule has 21 heavy (non-hydrogen) atoms. The molecule has 1 saturated heterocycles. The zero-order valence-electron chi connectivity index (χ0n) is 12.1. The summed E-state index contributed by atoms with van der Waals surface area (Å²) in [4.78, 5) is 1.82. The van der Waals surface area contributed by atoms with Crippen LogP contribution in [0.15, 0.2) is 18.2 Å². The van der Waals surface area contributed by atoms with Crippen molar-refractivity contribution in [2.45, 2.75) is 38.6 Å². The second kappa shape index (κ2) is 6.66. The quantitative estimate of drug-likeness (QED) is 0.898. The van der Waals surface area contributed by atoms with Crippen LogP contribution in [0.4, 0.5) is 18.9 Å². The fraction of sp³-hybridized carbons (Fsp3) is 0.600. The van der Waals surface area contributed by atoms with Crippen LogP contribution in [0.3, 0.4) is 0 Å². The maximum atomic E-state index is 13.2. The molecule has 1 fully saturated rings. The molecule has 1 aromatic carbocycles. The number of nitrogens with one attached hydrogen (secondary N) is 1. The first kappa shape index (κ1) is 16.1. The van der Waals surface area contributed by atoms with Crippen molar-refractivity contribution in [2.75, 3.05) is 24.5 Å². The molecule has 0 spiro atoms. The average Bonchev–Trinajstić information content (AvgIpc) is 2.44. The number of anilines is 1. The van der Waals surface area contributed by atoms with E-state index in [-0.39, 0.29) is 12.1 Å². The van der Waals surface area contributed by atoms with Crippen LogP contribution in [0.2, 0.25) is 0 Å². The number of halogens is 3. The van der Waals surface area contributed by atoms with E-state index < -0.39 is 17.8 Å². The molecule has 0 aromatic heterocycles. The van der Waals surface area contributed by atoms with Crippen LogP contribution in [0.1, 0.15) is 30.9 Å². The summed E-state index contributed by atoms with van der Waals surface area (Å²) in [6, 6.07) is 4.44. The molecule has 0 aliphatic carbocycles. The van der Waals surface area contributed by atoms with Crippen LogP contribution in [-0.4, -0.2) is 30.8 Å². The Hall–Kier alpha value is -1.27. The van der Waals surface area contributed by atoms with Crippen molar-refractivity contribution in [3.8, 4) is 0 Å². The number of alkyl halides is 3. The van der Waals surface area contributed by atoms with Gasteiger partial charge in [0.25, 0.3) is 0 Å². The van der Waals surface area contributed by atoms with Gasteiger partial charge in [0, 0.05) is 25.3 Å². The van der Waals surface area contributed by atoms with Crippen molar-refractivity contribution in [1.82, 2.24) is 5.32 Å². The zero-order valence-corrected chi connectivity index (χ0v) is 12.1. The molecule has 6 heteroatoms. The number of benzene rings is 1. The van der Waals surface area contributed by atoms with Gasteiger partial charge in [-0.2, -0.15) is 13.2 Å². The summed E-state index contributed by atoms with van der Waals surface area (Å²) < 4.78 is 39.6. The summed E-state index contributed by atoms with van der Waals surface area (Å²) in [5.41, 5.74) is 0.188. The highest BCUT2D eigenvalue weighted by atomic mass is 19.4. The lowest BCUT2D eigenvalue weighted by Gasteiger charge is -2.32. The maximum Gasteiger partial charge on any atom is 0.416 e. The molecule has 1 unspecified atom stereocenters. The molecular formula is C15H21F3N2O. The second-order valence-electron chi connectivity index (χ2n) is 5.36. The fourth-order valence-corrected chi connectivity index (χ4v) is 2.63. The van der Waals surface area contributed by atoms with Crippen molar-refractivity contribution < 1.29 is 18.3 Å². The van der Waals surface area contributed by atoms with E-state index in [9.17, 15) is 18.3 Å². The zero-order chi connectivity index (χ0) is 15.5. The van der Waals surface area contributed by atoms with E-state index >= 15 is 0 Å². The number of β-amino-alcohol motifs (C(OH)–C–C–N with tert-alkyl or cyclic N) is 1. The molecule has 118 valence electrons. The van der Waals surface area contributed by atoms with Gasteiger partial charge in [-0.25, -0.2) is 0 Å². The van der Waals surface area contributed by atoms with E-state index in [2.05, 4.69) is 5.32 Å². The molecule has 0 amide bonds. The third kappa shape index (κ3) is 4.11. The van der Waals surface area contributed by atoms with E-state index in [0.717, 1.165) is 6.42 Å². The summed E-state index contributed by atoms with van der Waals surface area (Å²) in [5, 5.41) is 12.6. The van der Waals surface area contributed by atoms with Gasteiger partial charge in [0.1, 0.15) is 0 Å². The highest BCUT2D eigenvalue weighted by molar-refractivity contribution is 5.52. The van der Waals surface area contributed by atoms with Gasteiger partial charge in [-0.15, -0.1) is 0 Å². The minimum absolute atomic E-state index is 0.203. The number of rotatable bonds is 4. The molecule has 2 rings (SSSR count). The molecule has 1 aromatic rings. The van der Waals surface area contributed by atoms with Gasteiger partial charge >= 0.3 is 6.18 Å². The number of aliphatic hydroxyl groups is 1. The first-order valence-corrected chi connectivity index (χ1v) is 7.25. The smallest absolute Gasteiger partial charge is 0.391 e. The lowest BCUT2D eigenvalue weighted by atomic mass is 10.0. The predicted molar refractivity (Wildman–Crippen MR) is 76.3 cm³/mol. The highest BCUT2D eigenvalue weighted by Gasteiger charge is 2.34. The monoisotopic (exact) mass is 302 g/mol. The molecule has 1 atom stereocenters. The van der Waals surface area contributed by atoms with Gasteiger partial charge in [-0.1, -0.05) is 13.0 Å². The molecule has 1 aliphatic rings. The average molecular weight is 302 g/mol. The molecule has 3 nitrogen and oxygen atoms in total. The van der Waals surface area contributed by atoms with Crippen LogP contribution in [-0.2, 0) is 12.7 Å². The van der Waals surface area contributed by atoms with Gasteiger partial charge in [0.2, 0.25) is 0 Å². The van der Waals surface area contributed by atoms with Crippen LogP contribution in [0, 0.1) is 0 Å². The van der Waals surface area contributed by atoms with Crippen LogP contribution >= 0.6 is 0 Å². The Labute approximate surface area is 122 Å². The lowest BCUT2D eigenvalue weighted by Crippen LogP contribution is -2.38. The van der Waals surface area contributed by atoms with E-state index in [0.29, 0.717) is 31.7 Å². The molecule has 1 aliphatic heterocycles. The van der Waals surface area contributed by atoms with Gasteiger partial charge in [0.05, 0.1) is 11.7 Å². The molecular weight excluding hydrogens is 281 g/mol. The third-order valence-corrected chi connectivity index (χ3v) is 3.73. The summed E-state index contributed by atoms with van der Waals surface area (Å²) >= 11 is 0. The minimum Gasteiger partial charge on any atom is -0.391 e. The Balaban J connectivity index is 2.28. The molecule has 0 saturated carbocycles. The number of piperidine rings is 1. The summed E-state index contributed by atoms with van der Waals surface area (Å²) in [7, 11) is 0. The predicted octanol–water partition coefficient (Wildman–Crippen LogP) is 2.78. The number of nitrogens with zero attached hydrogens (tertiary/aromatic N) is 1. The summed E-state index contributed by atoms with van der Waals surface area (Å²) in [6.07, 6.45) is -3.33. The second-order valence-corrected chi connectivity index (χ2v) is 5.36. The van der Waals surface area contributed by atoms with E-state index in [4.69, 9.17) is 0 Å². The summed E-state index contributed by atoms with van der Waals surface area (Å²) in [6.45, 7) is 3.76. The van der Waals surface area contributed by atoms with Gasteiger partial charge in [0.15, 0.2) is 0 Å². The fourth-order valence-electron chi connectivity index (χ4n) is 2.63. The molecule has 0 radical (unpaired) electrons. The maximum absolute atomic E-state index is 13.2. The SMILES string of the molecule is CCNCc1ccc(N2CCCC(O)C2)cc1C(F)(F)F. The first-order chi connectivity index (χ1) is 9.91. The van der Waals surface area contributed by atoms with E-state index in [1.165, 1.54) is 12.1 Å². The highest BCUT2D eigenvalue weighted by Crippen LogP contribution is 2.35. The molecule has 2 N–H and O–H groups in total. The number of hydrogen-bond acceptors (Lipinski definition) is 3. The van der Waals surface area contributed by atoms with Gasteiger partial charge in [-0.05, 0) is 37.1 Å². The first-order valence-electron chi connectivity index (χ1n) is 7.25. The largest absolute Gasteiger partial charge is 0.416 e. The molecule has 0 bridgehead atoms. The minimum atomic E-state index is -4.37. The van der Waals surface area contributed by atoms with Crippen molar-refractivity contribution in [3.05, 3.63) is 29.3 Å². The standard InChI is InChI=1S/C15H21F3N2O/c1-2-19-9-11-5-6-12(8-14(11)15(16,17)18)20-7-3-4-13(21)10-20/h5-6,8,13,19,21H,2-4,7,9-10H2,1H3. The Bertz CT molecular complexity index is 476. The van der Waals surface area contributed by atoms with Gasteiger partial charge < -0.3 is 15.3 Å². The van der Waals surface area contributed by atoms with Crippen molar-refractivity contribution in [3.63, 3.8) is 0 Å². The molecule has 1 heterocycles. The Morgan fingerprint density at radius 1 is 1.38 bits per heavy atom.